The van der Waals surface area contributed by atoms with Gasteiger partial charge in [0.15, 0.2) is 0 Å². The van der Waals surface area contributed by atoms with Crippen LogP contribution in [0.25, 0.3) is 0 Å². The van der Waals surface area contributed by atoms with E-state index in [1.165, 1.54) is 5.56 Å². The van der Waals surface area contributed by atoms with Gasteiger partial charge in [-0.15, -0.1) is 0 Å². The van der Waals surface area contributed by atoms with Crippen molar-refractivity contribution < 1.29 is 9.15 Å². The molecule has 0 fully saturated rings. The van der Waals surface area contributed by atoms with Crippen LogP contribution in [0.3, 0.4) is 0 Å². The van der Waals surface area contributed by atoms with Gasteiger partial charge in [-0.25, -0.2) is 0 Å². The molecule has 1 aromatic carbocycles. The molecule has 19 heavy (non-hydrogen) atoms. The van der Waals surface area contributed by atoms with Gasteiger partial charge in [-0.05, 0) is 38.2 Å². The Kier molecular flexibility index (Phi) is 5.05. The second-order valence-electron chi connectivity index (χ2n) is 4.55. The van der Waals surface area contributed by atoms with Gasteiger partial charge in [0.05, 0.1) is 6.26 Å². The van der Waals surface area contributed by atoms with E-state index in [0.717, 1.165) is 29.1 Å². The average molecular weight is 324 g/mol. The number of benzene rings is 1. The molecule has 0 bridgehead atoms. The van der Waals surface area contributed by atoms with E-state index in [9.17, 15) is 0 Å². The highest BCUT2D eigenvalue weighted by atomic mass is 79.9. The molecule has 2 aromatic rings. The molecule has 1 heterocycles. The van der Waals surface area contributed by atoms with Crippen LogP contribution in [-0.2, 0) is 6.54 Å². The van der Waals surface area contributed by atoms with Gasteiger partial charge >= 0.3 is 0 Å². The SMILES string of the molecule is Cc1occc1CN(C)CCOc1cccc(Br)c1. The predicted molar refractivity (Wildman–Crippen MR) is 79.4 cm³/mol. The minimum absolute atomic E-state index is 0.670. The summed E-state index contributed by atoms with van der Waals surface area (Å²) in [5, 5.41) is 0. The van der Waals surface area contributed by atoms with Gasteiger partial charge in [0, 0.05) is 23.1 Å². The Hall–Kier alpha value is -1.26. The molecule has 0 amide bonds. The highest BCUT2D eigenvalue weighted by Gasteiger charge is 2.05. The van der Waals surface area contributed by atoms with Crippen LogP contribution in [0, 0.1) is 6.92 Å². The lowest BCUT2D eigenvalue weighted by molar-refractivity contribution is 0.232. The fourth-order valence-corrected chi connectivity index (χ4v) is 2.20. The van der Waals surface area contributed by atoms with Crippen LogP contribution in [0.1, 0.15) is 11.3 Å². The van der Waals surface area contributed by atoms with Crippen molar-refractivity contribution >= 4 is 15.9 Å². The van der Waals surface area contributed by atoms with Crippen molar-refractivity contribution in [1.82, 2.24) is 4.90 Å². The van der Waals surface area contributed by atoms with Crippen molar-refractivity contribution in [1.29, 1.82) is 0 Å². The number of ether oxygens (including phenoxy) is 1. The van der Waals surface area contributed by atoms with E-state index >= 15 is 0 Å². The van der Waals surface area contributed by atoms with Gasteiger partial charge in [-0.2, -0.15) is 0 Å². The Balaban J connectivity index is 1.75. The lowest BCUT2D eigenvalue weighted by atomic mass is 10.2. The first-order valence-corrected chi connectivity index (χ1v) is 7.04. The lowest BCUT2D eigenvalue weighted by Crippen LogP contribution is -2.23. The first kappa shape index (κ1) is 14.2. The fourth-order valence-electron chi connectivity index (χ4n) is 1.82. The molecule has 1 aromatic heterocycles. The highest BCUT2D eigenvalue weighted by molar-refractivity contribution is 9.10. The molecule has 0 unspecified atom stereocenters. The number of hydrogen-bond donors (Lipinski definition) is 0. The summed E-state index contributed by atoms with van der Waals surface area (Å²) in [6.45, 7) is 4.41. The molecule has 102 valence electrons. The van der Waals surface area contributed by atoms with Crippen LogP contribution in [0.15, 0.2) is 45.5 Å². The Bertz CT molecular complexity index is 524. The molecule has 2 rings (SSSR count). The van der Waals surface area contributed by atoms with Crippen molar-refractivity contribution in [2.45, 2.75) is 13.5 Å². The topological polar surface area (TPSA) is 25.6 Å². The van der Waals surface area contributed by atoms with E-state index in [2.05, 4.69) is 27.9 Å². The molecule has 0 radical (unpaired) electrons. The maximum atomic E-state index is 5.71. The molecule has 0 atom stereocenters. The third kappa shape index (κ3) is 4.40. The molecule has 0 aliphatic carbocycles. The zero-order valence-electron chi connectivity index (χ0n) is 11.2. The molecule has 3 nitrogen and oxygen atoms in total. The first-order chi connectivity index (χ1) is 9.15. The number of aryl methyl sites for hydroxylation is 1. The summed E-state index contributed by atoms with van der Waals surface area (Å²) in [5.74, 6) is 1.88. The van der Waals surface area contributed by atoms with Gasteiger partial charge < -0.3 is 9.15 Å². The third-order valence-corrected chi connectivity index (χ3v) is 3.44. The molecule has 0 spiro atoms. The third-order valence-electron chi connectivity index (χ3n) is 2.94. The summed E-state index contributed by atoms with van der Waals surface area (Å²) in [5.41, 5.74) is 1.23. The predicted octanol–water partition coefficient (Wildman–Crippen LogP) is 3.86. The summed E-state index contributed by atoms with van der Waals surface area (Å²) in [7, 11) is 2.08. The molecule has 0 N–H and O–H groups in total. The van der Waals surface area contributed by atoms with Crippen molar-refractivity contribution in [3.63, 3.8) is 0 Å². The highest BCUT2D eigenvalue weighted by Crippen LogP contribution is 2.17. The van der Waals surface area contributed by atoms with Gasteiger partial charge in [-0.1, -0.05) is 22.0 Å². The molecule has 4 heteroatoms. The van der Waals surface area contributed by atoms with Crippen LogP contribution in [-0.4, -0.2) is 25.1 Å². The smallest absolute Gasteiger partial charge is 0.120 e. The number of halogens is 1. The van der Waals surface area contributed by atoms with Crippen molar-refractivity contribution in [2.75, 3.05) is 20.2 Å². The van der Waals surface area contributed by atoms with Gasteiger partial charge in [0.2, 0.25) is 0 Å². The van der Waals surface area contributed by atoms with E-state index < -0.39 is 0 Å². The zero-order chi connectivity index (χ0) is 13.7. The van der Waals surface area contributed by atoms with Crippen LogP contribution in [0.4, 0.5) is 0 Å². The Morgan fingerprint density at radius 3 is 2.84 bits per heavy atom. The molecular weight excluding hydrogens is 306 g/mol. The summed E-state index contributed by atoms with van der Waals surface area (Å²) < 4.78 is 12.0. The Labute approximate surface area is 122 Å². The largest absolute Gasteiger partial charge is 0.492 e. The average Bonchev–Trinajstić information content (AvgIpc) is 2.75. The summed E-state index contributed by atoms with van der Waals surface area (Å²) in [4.78, 5) is 2.22. The summed E-state index contributed by atoms with van der Waals surface area (Å²) in [6.07, 6.45) is 1.73. The second kappa shape index (κ2) is 6.78. The second-order valence-corrected chi connectivity index (χ2v) is 5.46. The number of hydrogen-bond acceptors (Lipinski definition) is 3. The van der Waals surface area contributed by atoms with E-state index in [1.54, 1.807) is 6.26 Å². The van der Waals surface area contributed by atoms with Crippen molar-refractivity contribution in [2.24, 2.45) is 0 Å². The molecule has 0 aliphatic rings. The van der Waals surface area contributed by atoms with Crippen LogP contribution in [0.5, 0.6) is 5.75 Å². The number of nitrogens with zero attached hydrogens (tertiary/aromatic N) is 1. The lowest BCUT2D eigenvalue weighted by Gasteiger charge is -2.16. The molecule has 0 saturated heterocycles. The van der Waals surface area contributed by atoms with Crippen molar-refractivity contribution in [3.05, 3.63) is 52.4 Å². The maximum Gasteiger partial charge on any atom is 0.120 e. The van der Waals surface area contributed by atoms with Crippen LogP contribution < -0.4 is 4.74 Å². The maximum absolute atomic E-state index is 5.71. The van der Waals surface area contributed by atoms with Gasteiger partial charge in [-0.3, -0.25) is 4.90 Å². The standard InChI is InChI=1S/C15H18BrNO2/c1-12-13(6-8-18-12)11-17(2)7-9-19-15-5-3-4-14(16)10-15/h3-6,8,10H,7,9,11H2,1-2H3. The molecular formula is C15H18BrNO2. The molecule has 0 saturated carbocycles. The van der Waals surface area contributed by atoms with E-state index in [-0.39, 0.29) is 0 Å². The number of furan rings is 1. The van der Waals surface area contributed by atoms with E-state index in [0.29, 0.717) is 6.61 Å². The zero-order valence-corrected chi connectivity index (χ0v) is 12.8. The first-order valence-electron chi connectivity index (χ1n) is 6.25. The summed E-state index contributed by atoms with van der Waals surface area (Å²) >= 11 is 3.43. The van der Waals surface area contributed by atoms with Crippen LogP contribution >= 0.6 is 15.9 Å². The Morgan fingerprint density at radius 2 is 2.16 bits per heavy atom. The summed E-state index contributed by atoms with van der Waals surface area (Å²) in [6, 6.07) is 9.91. The quantitative estimate of drug-likeness (QED) is 0.807. The van der Waals surface area contributed by atoms with E-state index in [1.807, 2.05) is 37.3 Å². The number of rotatable bonds is 6. The minimum atomic E-state index is 0.670. The van der Waals surface area contributed by atoms with Gasteiger partial charge in [0.1, 0.15) is 18.1 Å². The van der Waals surface area contributed by atoms with Crippen LogP contribution in [0.2, 0.25) is 0 Å². The minimum Gasteiger partial charge on any atom is -0.492 e. The van der Waals surface area contributed by atoms with Gasteiger partial charge in [0.25, 0.3) is 0 Å². The number of likely N-dealkylation sites (N-methyl/N-ethyl adjacent to an activating group) is 1. The van der Waals surface area contributed by atoms with E-state index in [4.69, 9.17) is 9.15 Å². The Morgan fingerprint density at radius 1 is 1.32 bits per heavy atom. The monoisotopic (exact) mass is 323 g/mol. The normalized spacial score (nSPS) is 10.9. The molecule has 0 aliphatic heterocycles. The fraction of sp³-hybridized carbons (Fsp3) is 0.333. The van der Waals surface area contributed by atoms with Crippen molar-refractivity contribution in [3.8, 4) is 5.75 Å².